The van der Waals surface area contributed by atoms with Crippen molar-refractivity contribution in [2.45, 2.75) is 0 Å². The summed E-state index contributed by atoms with van der Waals surface area (Å²) in [7, 11) is 1.57. The number of benzene rings is 1. The van der Waals surface area contributed by atoms with Crippen molar-refractivity contribution in [1.82, 2.24) is 9.78 Å². The molecule has 0 aliphatic rings. The van der Waals surface area contributed by atoms with Crippen LogP contribution in [0.5, 0.6) is 0 Å². The first kappa shape index (κ1) is 16.4. The Morgan fingerprint density at radius 1 is 1.59 bits per heavy atom. The number of anilines is 1. The Morgan fingerprint density at radius 3 is 2.95 bits per heavy atom. The van der Waals surface area contributed by atoms with Crippen LogP contribution in [0.1, 0.15) is 0 Å². The van der Waals surface area contributed by atoms with Gasteiger partial charge in [-0.1, -0.05) is 12.6 Å². The Bertz CT molecular complexity index is 668. The van der Waals surface area contributed by atoms with Gasteiger partial charge in [-0.05, 0) is 40.2 Å². The maximum Gasteiger partial charge on any atom is 0.250 e. The number of halogens is 2. The van der Waals surface area contributed by atoms with E-state index >= 15 is 0 Å². The van der Waals surface area contributed by atoms with E-state index in [9.17, 15) is 9.18 Å². The van der Waals surface area contributed by atoms with Crippen molar-refractivity contribution in [3.8, 4) is 5.69 Å². The molecule has 0 unspecified atom stereocenters. The van der Waals surface area contributed by atoms with Crippen molar-refractivity contribution in [1.29, 1.82) is 0 Å². The number of aromatic nitrogens is 2. The molecule has 0 radical (unpaired) electrons. The monoisotopic (exact) mass is 367 g/mol. The highest BCUT2D eigenvalue weighted by atomic mass is 79.9. The second-order valence-electron chi connectivity index (χ2n) is 4.42. The number of methoxy groups -OCH3 is 1. The van der Waals surface area contributed by atoms with Crippen LogP contribution in [0.15, 0.2) is 47.6 Å². The van der Waals surface area contributed by atoms with E-state index in [0.29, 0.717) is 24.5 Å². The molecule has 0 saturated heterocycles. The van der Waals surface area contributed by atoms with E-state index in [1.54, 1.807) is 31.4 Å². The van der Waals surface area contributed by atoms with Crippen molar-refractivity contribution in [3.05, 3.63) is 53.5 Å². The van der Waals surface area contributed by atoms with Gasteiger partial charge in [0.15, 0.2) is 0 Å². The van der Waals surface area contributed by atoms with Crippen LogP contribution in [0.3, 0.4) is 0 Å². The fourth-order valence-electron chi connectivity index (χ4n) is 1.93. The van der Waals surface area contributed by atoms with E-state index in [-0.39, 0.29) is 10.4 Å². The third-order valence-electron chi connectivity index (χ3n) is 2.99. The Balaban J connectivity index is 2.36. The van der Waals surface area contributed by atoms with Gasteiger partial charge in [0.05, 0.1) is 16.8 Å². The van der Waals surface area contributed by atoms with Crippen molar-refractivity contribution >= 4 is 27.5 Å². The number of nitrogens with zero attached hydrogens (tertiary/aromatic N) is 3. The first-order valence-corrected chi connectivity index (χ1v) is 7.30. The third-order valence-corrected chi connectivity index (χ3v) is 3.53. The third kappa shape index (κ3) is 3.61. The van der Waals surface area contributed by atoms with Crippen molar-refractivity contribution in [3.63, 3.8) is 0 Å². The molecule has 0 aliphatic heterocycles. The highest BCUT2D eigenvalue weighted by molar-refractivity contribution is 9.10. The fraction of sp³-hybridized carbons (Fsp3) is 0.200. The molecule has 0 fully saturated rings. The van der Waals surface area contributed by atoms with Crippen LogP contribution >= 0.6 is 15.9 Å². The molecule has 1 aromatic heterocycles. The summed E-state index contributed by atoms with van der Waals surface area (Å²) in [5.74, 6) is -0.828. The lowest BCUT2D eigenvalue weighted by molar-refractivity contribution is -0.114. The van der Waals surface area contributed by atoms with Crippen LogP contribution in [0.25, 0.3) is 5.69 Å². The highest BCUT2D eigenvalue weighted by Crippen LogP contribution is 2.21. The predicted octanol–water partition coefficient (Wildman–Crippen LogP) is 2.94. The number of carbonyl (C=O) groups is 1. The molecular weight excluding hydrogens is 353 g/mol. The first-order valence-electron chi connectivity index (χ1n) is 6.50. The van der Waals surface area contributed by atoms with E-state index in [0.717, 1.165) is 0 Å². The van der Waals surface area contributed by atoms with Gasteiger partial charge in [-0.15, -0.1) is 5.10 Å². The summed E-state index contributed by atoms with van der Waals surface area (Å²) in [5.41, 5.74) is 1.30. The van der Waals surface area contributed by atoms with Crippen molar-refractivity contribution < 1.29 is 13.9 Å². The molecule has 2 rings (SSSR count). The molecule has 0 atom stereocenters. The lowest BCUT2D eigenvalue weighted by Gasteiger charge is -2.21. The molecule has 7 heteroatoms. The van der Waals surface area contributed by atoms with Crippen molar-refractivity contribution in [2.24, 2.45) is 0 Å². The van der Waals surface area contributed by atoms with E-state index in [2.05, 4.69) is 27.6 Å². The summed E-state index contributed by atoms with van der Waals surface area (Å²) >= 11 is 3.08. The Morgan fingerprint density at radius 2 is 2.36 bits per heavy atom. The summed E-state index contributed by atoms with van der Waals surface area (Å²) in [5, 5.41) is 3.76. The molecule has 22 heavy (non-hydrogen) atoms. The van der Waals surface area contributed by atoms with Gasteiger partial charge in [-0.25, -0.2) is 4.68 Å². The second kappa shape index (κ2) is 7.33. The van der Waals surface area contributed by atoms with Gasteiger partial charge in [-0.3, -0.25) is 4.79 Å². The molecule has 1 aromatic carbocycles. The Labute approximate surface area is 136 Å². The number of carbonyl (C=O) groups excluding carboxylic acids is 1. The first-order chi connectivity index (χ1) is 10.6. The maximum atomic E-state index is 13.4. The minimum Gasteiger partial charge on any atom is -0.383 e. The van der Waals surface area contributed by atoms with Crippen molar-refractivity contribution in [2.75, 3.05) is 25.2 Å². The zero-order valence-electron chi connectivity index (χ0n) is 12.0. The standard InChI is InChI=1S/C15H15BrFN3O2/c1-3-14(21)19(7-8-22-2)11-5-4-6-12(9-11)20-10-13(16)15(17)18-20/h3-6,9-10H,1,7-8H2,2H3. The average Bonchev–Trinajstić information content (AvgIpc) is 2.87. The van der Waals surface area contributed by atoms with Gasteiger partial charge in [0.1, 0.15) is 0 Å². The smallest absolute Gasteiger partial charge is 0.250 e. The summed E-state index contributed by atoms with van der Waals surface area (Å²) in [6.07, 6.45) is 2.76. The van der Waals surface area contributed by atoms with E-state index in [1.807, 2.05) is 0 Å². The second-order valence-corrected chi connectivity index (χ2v) is 5.27. The minimum atomic E-state index is -0.594. The van der Waals surface area contributed by atoms with E-state index < -0.39 is 5.95 Å². The lowest BCUT2D eigenvalue weighted by Crippen LogP contribution is -2.32. The Kier molecular flexibility index (Phi) is 5.46. The molecule has 0 spiro atoms. The number of rotatable bonds is 6. The summed E-state index contributed by atoms with van der Waals surface area (Å²) in [4.78, 5) is 13.5. The molecule has 0 bridgehead atoms. The van der Waals surface area contributed by atoms with Gasteiger partial charge in [0.2, 0.25) is 11.9 Å². The number of ether oxygens (including phenoxy) is 1. The largest absolute Gasteiger partial charge is 0.383 e. The van der Waals surface area contributed by atoms with Gasteiger partial charge >= 0.3 is 0 Å². The minimum absolute atomic E-state index is 0.234. The van der Waals surface area contributed by atoms with Crippen LogP contribution in [0.2, 0.25) is 0 Å². The topological polar surface area (TPSA) is 47.4 Å². The highest BCUT2D eigenvalue weighted by Gasteiger charge is 2.14. The lowest BCUT2D eigenvalue weighted by atomic mass is 10.2. The molecule has 0 aliphatic carbocycles. The Hall–Kier alpha value is -1.99. The average molecular weight is 368 g/mol. The summed E-state index contributed by atoms with van der Waals surface area (Å²) in [6.45, 7) is 4.29. The zero-order chi connectivity index (χ0) is 16.1. The number of amides is 1. The van der Waals surface area contributed by atoms with E-state index in [4.69, 9.17) is 4.74 Å². The molecule has 116 valence electrons. The molecule has 2 aromatic rings. The molecule has 0 saturated carbocycles. The normalized spacial score (nSPS) is 10.5. The van der Waals surface area contributed by atoms with Crippen LogP contribution in [-0.4, -0.2) is 35.9 Å². The van der Waals surface area contributed by atoms with Crippen LogP contribution < -0.4 is 4.90 Å². The zero-order valence-corrected chi connectivity index (χ0v) is 13.6. The quantitative estimate of drug-likeness (QED) is 0.737. The molecule has 5 nitrogen and oxygen atoms in total. The maximum absolute atomic E-state index is 13.4. The molecule has 1 amide bonds. The number of hydrogen-bond donors (Lipinski definition) is 0. The molecule has 0 N–H and O–H groups in total. The molecular formula is C15H15BrFN3O2. The fourth-order valence-corrected chi connectivity index (χ4v) is 2.20. The SMILES string of the molecule is C=CC(=O)N(CCOC)c1cccc(-n2cc(Br)c(F)n2)c1. The van der Waals surface area contributed by atoms with Gasteiger partial charge in [0.25, 0.3) is 0 Å². The predicted molar refractivity (Wildman–Crippen MR) is 85.6 cm³/mol. The van der Waals surface area contributed by atoms with Crippen LogP contribution in [0.4, 0.5) is 10.1 Å². The molecule has 1 heterocycles. The number of hydrogen-bond acceptors (Lipinski definition) is 3. The van der Waals surface area contributed by atoms with Gasteiger partial charge in [0, 0.05) is 25.5 Å². The van der Waals surface area contributed by atoms with Crippen LogP contribution in [0, 0.1) is 5.95 Å². The van der Waals surface area contributed by atoms with Gasteiger partial charge < -0.3 is 9.64 Å². The summed E-state index contributed by atoms with van der Waals surface area (Å²) in [6, 6.07) is 7.08. The van der Waals surface area contributed by atoms with Crippen LogP contribution in [-0.2, 0) is 9.53 Å². The van der Waals surface area contributed by atoms with E-state index in [1.165, 1.54) is 21.9 Å². The van der Waals surface area contributed by atoms with Gasteiger partial charge in [-0.2, -0.15) is 4.39 Å². The summed E-state index contributed by atoms with van der Waals surface area (Å²) < 4.78 is 20.1.